The largest absolute Gasteiger partial charge is 0.493 e. The maximum Gasteiger partial charge on any atom is 0.306 e. The molecule has 0 radical (unpaired) electrons. The molecule has 10 heteroatoms. The quantitative estimate of drug-likeness (QED) is 0.405. The second-order valence-corrected chi connectivity index (χ2v) is 11.3. The number of ketones is 1. The molecular formula is C24H30BrN3O5S. The molecule has 0 amide bonds. The summed E-state index contributed by atoms with van der Waals surface area (Å²) in [7, 11) is -2.39. The van der Waals surface area contributed by atoms with E-state index in [0.717, 1.165) is 30.4 Å². The van der Waals surface area contributed by atoms with Gasteiger partial charge in [0.15, 0.2) is 17.3 Å². The molecule has 1 aliphatic heterocycles. The van der Waals surface area contributed by atoms with E-state index >= 15 is 0 Å². The van der Waals surface area contributed by atoms with Crippen molar-refractivity contribution in [2.75, 3.05) is 19.9 Å². The zero-order chi connectivity index (χ0) is 24.1. The van der Waals surface area contributed by atoms with Crippen LogP contribution in [0.3, 0.4) is 0 Å². The molecule has 1 aromatic carbocycles. The Kier molecular flexibility index (Phi) is 7.15. The molecule has 2 heterocycles. The summed E-state index contributed by atoms with van der Waals surface area (Å²) in [6.07, 6.45) is 3.24. The van der Waals surface area contributed by atoms with Crippen molar-refractivity contribution in [2.45, 2.75) is 51.5 Å². The molecule has 1 aromatic heterocycles. The van der Waals surface area contributed by atoms with Gasteiger partial charge in [-0.15, -0.1) is 17.0 Å². The van der Waals surface area contributed by atoms with Gasteiger partial charge in [0, 0.05) is 34.8 Å². The van der Waals surface area contributed by atoms with E-state index in [1.54, 1.807) is 11.0 Å². The number of carbonyl (C=O) groups excluding carboxylic acids is 1. The average molecular weight is 552 g/mol. The van der Waals surface area contributed by atoms with Crippen molar-refractivity contribution in [3.8, 4) is 11.5 Å². The lowest BCUT2D eigenvalue weighted by Gasteiger charge is -2.25. The zero-order valence-electron chi connectivity index (χ0n) is 20.0. The van der Waals surface area contributed by atoms with Crippen LogP contribution >= 0.6 is 17.0 Å². The number of pyridine rings is 1. The van der Waals surface area contributed by atoms with Gasteiger partial charge in [0.2, 0.25) is 0 Å². The molecule has 0 unspecified atom stereocenters. The molecule has 1 saturated carbocycles. The minimum absolute atomic E-state index is 0. The van der Waals surface area contributed by atoms with Gasteiger partial charge < -0.3 is 13.8 Å². The van der Waals surface area contributed by atoms with Crippen LogP contribution in [0.5, 0.6) is 11.5 Å². The fraction of sp³-hybridized carbons (Fsp3) is 0.458. The van der Waals surface area contributed by atoms with Crippen LogP contribution in [0.25, 0.3) is 0 Å². The molecule has 1 fully saturated rings. The average Bonchev–Trinajstić information content (AvgIpc) is 3.52. The number of Topliss-reactive ketones (excluding diaryl/α,β-unsaturated/α-hetero) is 1. The number of aromatic nitrogens is 1. The number of ether oxygens (including phenoxy) is 1. The number of benzene rings is 1. The molecule has 34 heavy (non-hydrogen) atoms. The van der Waals surface area contributed by atoms with Gasteiger partial charge in [-0.1, -0.05) is 26.8 Å². The van der Waals surface area contributed by atoms with Gasteiger partial charge in [-0.3, -0.25) is 10.2 Å². The maximum atomic E-state index is 13.3. The number of hydrogen-bond donors (Lipinski definition) is 1. The predicted octanol–water partition coefficient (Wildman–Crippen LogP) is 4.21. The second kappa shape index (κ2) is 9.30. The Bertz CT molecular complexity index is 1250. The first kappa shape index (κ1) is 26.2. The summed E-state index contributed by atoms with van der Waals surface area (Å²) < 4.78 is 34.3. The summed E-state index contributed by atoms with van der Waals surface area (Å²) in [4.78, 5) is 19.6. The third-order valence-electron chi connectivity index (χ3n) is 5.87. The van der Waals surface area contributed by atoms with Crippen LogP contribution < -0.4 is 8.92 Å². The van der Waals surface area contributed by atoms with Crippen molar-refractivity contribution in [3.05, 3.63) is 52.3 Å². The summed E-state index contributed by atoms with van der Waals surface area (Å²) in [5, 5.41) is 8.55. The van der Waals surface area contributed by atoms with Crippen LogP contribution in [0.4, 0.5) is 0 Å². The van der Waals surface area contributed by atoms with E-state index in [-0.39, 0.29) is 46.6 Å². The Balaban J connectivity index is 0.00000324. The Hall–Kier alpha value is -2.46. The molecule has 0 saturated heterocycles. The van der Waals surface area contributed by atoms with Gasteiger partial charge in [0.05, 0.1) is 19.9 Å². The minimum atomic E-state index is -3.80. The number of nitrogens with one attached hydrogen (secondary N) is 1. The van der Waals surface area contributed by atoms with Gasteiger partial charge in [-0.05, 0) is 36.5 Å². The number of halogens is 1. The number of hydrogen-bond acceptors (Lipinski definition) is 7. The molecule has 4 rings (SSSR count). The topological polar surface area (TPSA) is 110 Å². The fourth-order valence-electron chi connectivity index (χ4n) is 3.99. The molecule has 1 N–H and O–H groups in total. The van der Waals surface area contributed by atoms with Crippen molar-refractivity contribution in [3.63, 3.8) is 0 Å². The molecule has 1 aliphatic carbocycles. The molecule has 2 aliphatic rings. The smallest absolute Gasteiger partial charge is 0.306 e. The Morgan fingerprint density at radius 1 is 1.24 bits per heavy atom. The highest BCUT2D eigenvalue weighted by Crippen LogP contribution is 2.41. The maximum absolute atomic E-state index is 13.3. The van der Waals surface area contributed by atoms with E-state index in [1.165, 1.54) is 13.2 Å². The summed E-state index contributed by atoms with van der Waals surface area (Å²) in [6.45, 7) is 6.17. The Labute approximate surface area is 211 Å². The van der Waals surface area contributed by atoms with E-state index in [1.807, 2.05) is 32.9 Å². The monoisotopic (exact) mass is 551 g/mol. The van der Waals surface area contributed by atoms with Crippen molar-refractivity contribution in [2.24, 2.45) is 0 Å². The number of amidine groups is 1. The molecule has 0 spiro atoms. The van der Waals surface area contributed by atoms with E-state index in [2.05, 4.69) is 4.98 Å². The van der Waals surface area contributed by atoms with Crippen molar-refractivity contribution < 1.29 is 22.1 Å². The third kappa shape index (κ3) is 5.43. The number of nitrogens with zero attached hydrogens (tertiary/aromatic N) is 2. The van der Waals surface area contributed by atoms with Gasteiger partial charge in [-0.25, -0.2) is 4.98 Å². The summed E-state index contributed by atoms with van der Waals surface area (Å²) >= 11 is 0. The summed E-state index contributed by atoms with van der Waals surface area (Å²) in [5.74, 6) is 0.800. The van der Waals surface area contributed by atoms with Crippen molar-refractivity contribution in [1.29, 1.82) is 5.41 Å². The normalized spacial score (nSPS) is 15.6. The van der Waals surface area contributed by atoms with Crippen LogP contribution in [0, 0.1) is 5.41 Å². The zero-order valence-corrected chi connectivity index (χ0v) is 22.5. The predicted molar refractivity (Wildman–Crippen MR) is 135 cm³/mol. The first-order chi connectivity index (χ1) is 15.4. The molecule has 0 bridgehead atoms. The second-order valence-electron chi connectivity index (χ2n) is 9.74. The van der Waals surface area contributed by atoms with Crippen LogP contribution in [0.2, 0.25) is 0 Å². The SMILES string of the molecule is Br.COc1cc(C(=O)CN2Cc3ccc(C4CC4)nc3C2=N)cc(C(C)(C)C)c1OS(C)(=O)=O. The van der Waals surface area contributed by atoms with Crippen LogP contribution in [0.1, 0.15) is 72.4 Å². The first-order valence-corrected chi connectivity index (χ1v) is 12.7. The van der Waals surface area contributed by atoms with Crippen LogP contribution in [0.15, 0.2) is 24.3 Å². The molecule has 2 aromatic rings. The van der Waals surface area contributed by atoms with Crippen molar-refractivity contribution in [1.82, 2.24) is 9.88 Å². The van der Waals surface area contributed by atoms with Gasteiger partial charge in [0.1, 0.15) is 11.5 Å². The van der Waals surface area contributed by atoms with E-state index in [9.17, 15) is 13.2 Å². The van der Waals surface area contributed by atoms with Crippen molar-refractivity contribution >= 4 is 38.7 Å². The number of fused-ring (bicyclic) bond motifs is 1. The lowest BCUT2D eigenvalue weighted by atomic mass is 9.84. The molecule has 184 valence electrons. The first-order valence-electron chi connectivity index (χ1n) is 10.9. The van der Waals surface area contributed by atoms with Crippen LogP contribution in [-0.4, -0.2) is 49.8 Å². The lowest BCUT2D eigenvalue weighted by molar-refractivity contribution is 0.0962. The molecule has 8 nitrogen and oxygen atoms in total. The number of carbonyl (C=O) groups is 1. The Morgan fingerprint density at radius 3 is 2.47 bits per heavy atom. The standard InChI is InChI=1S/C24H29N3O5S.BrH/c1-24(2,3)17-10-16(11-20(31-4)22(17)32-33(5,29)30)19(28)13-27-12-15-8-9-18(14-6-7-14)26-21(15)23(27)25;/h8-11,14,25H,6-7,12-13H2,1-5H3;1H. The fourth-order valence-corrected chi connectivity index (χ4v) is 4.46. The van der Waals surface area contributed by atoms with E-state index in [4.69, 9.17) is 14.3 Å². The Morgan fingerprint density at radius 2 is 1.91 bits per heavy atom. The molecular weight excluding hydrogens is 522 g/mol. The highest BCUT2D eigenvalue weighted by molar-refractivity contribution is 8.93. The van der Waals surface area contributed by atoms with Gasteiger partial charge >= 0.3 is 10.1 Å². The number of rotatable bonds is 7. The third-order valence-corrected chi connectivity index (χ3v) is 6.34. The summed E-state index contributed by atoms with van der Waals surface area (Å²) in [6, 6.07) is 7.18. The minimum Gasteiger partial charge on any atom is -0.493 e. The van der Waals surface area contributed by atoms with Gasteiger partial charge in [-0.2, -0.15) is 8.42 Å². The summed E-state index contributed by atoms with van der Waals surface area (Å²) in [5.41, 5.74) is 3.02. The highest BCUT2D eigenvalue weighted by atomic mass is 79.9. The van der Waals surface area contributed by atoms with E-state index < -0.39 is 15.5 Å². The number of methoxy groups -OCH3 is 1. The van der Waals surface area contributed by atoms with E-state index in [0.29, 0.717) is 29.3 Å². The van der Waals surface area contributed by atoms with Gasteiger partial charge in [0.25, 0.3) is 0 Å². The molecule has 0 atom stereocenters. The highest BCUT2D eigenvalue weighted by Gasteiger charge is 2.32. The lowest BCUT2D eigenvalue weighted by Crippen LogP contribution is -2.30. The van der Waals surface area contributed by atoms with Crippen LogP contribution in [-0.2, 0) is 22.1 Å².